The second-order valence-corrected chi connectivity index (χ2v) is 6.36. The van der Waals surface area contributed by atoms with Gasteiger partial charge in [0, 0.05) is 23.6 Å². The number of amides is 2. The van der Waals surface area contributed by atoms with Gasteiger partial charge in [-0.15, -0.1) is 11.3 Å². The molecule has 0 saturated heterocycles. The Morgan fingerprint density at radius 1 is 1.21 bits per heavy atom. The molecule has 1 aliphatic heterocycles. The molecular weight excluding hydrogens is 328 g/mol. The summed E-state index contributed by atoms with van der Waals surface area (Å²) in [6.07, 6.45) is 0.161. The van der Waals surface area contributed by atoms with Crippen LogP contribution in [-0.2, 0) is 9.59 Å². The molecule has 0 bridgehead atoms. The fraction of sp³-hybridized carbons (Fsp3) is 0.294. The third-order valence-corrected chi connectivity index (χ3v) is 4.47. The maximum absolute atomic E-state index is 12.3. The van der Waals surface area contributed by atoms with Crippen molar-refractivity contribution in [2.45, 2.75) is 19.4 Å². The summed E-state index contributed by atoms with van der Waals surface area (Å²) in [6.45, 7) is 2.46. The van der Waals surface area contributed by atoms with Crippen molar-refractivity contribution in [3.63, 3.8) is 0 Å². The summed E-state index contributed by atoms with van der Waals surface area (Å²) in [7, 11) is 0. The number of carbonyl (C=O) groups excluding carboxylic acids is 2. The van der Waals surface area contributed by atoms with Crippen LogP contribution in [0.5, 0.6) is 11.5 Å². The lowest BCUT2D eigenvalue weighted by Crippen LogP contribution is -2.29. The lowest BCUT2D eigenvalue weighted by molar-refractivity contribution is -0.120. The van der Waals surface area contributed by atoms with Gasteiger partial charge in [0.2, 0.25) is 11.8 Å². The zero-order valence-corrected chi connectivity index (χ0v) is 14.0. The number of carbonyl (C=O) groups is 2. The summed E-state index contributed by atoms with van der Waals surface area (Å²) in [4.78, 5) is 24.7. The van der Waals surface area contributed by atoms with E-state index in [1.54, 1.807) is 18.2 Å². The van der Waals surface area contributed by atoms with E-state index in [-0.39, 0.29) is 24.3 Å². The quantitative estimate of drug-likeness (QED) is 0.873. The van der Waals surface area contributed by atoms with Crippen molar-refractivity contribution in [2.24, 2.45) is 0 Å². The maximum atomic E-state index is 12.3. The van der Waals surface area contributed by atoms with Gasteiger partial charge in [0.05, 0.1) is 12.5 Å². The van der Waals surface area contributed by atoms with Crippen molar-refractivity contribution in [2.75, 3.05) is 18.5 Å². The zero-order chi connectivity index (χ0) is 16.9. The lowest BCUT2D eigenvalue weighted by atomic mass is 10.1. The number of benzene rings is 1. The highest BCUT2D eigenvalue weighted by Crippen LogP contribution is 2.32. The molecule has 2 N–H and O–H groups in total. The Hall–Kier alpha value is -2.54. The Labute approximate surface area is 143 Å². The molecule has 1 atom stereocenters. The minimum atomic E-state index is -0.334. The molecule has 1 aliphatic rings. The number of fused-ring (bicyclic) bond motifs is 1. The van der Waals surface area contributed by atoms with E-state index >= 15 is 0 Å². The molecule has 2 aromatic rings. The van der Waals surface area contributed by atoms with Gasteiger partial charge in [-0.2, -0.15) is 0 Å². The van der Waals surface area contributed by atoms with Gasteiger partial charge in [0.15, 0.2) is 11.5 Å². The third kappa shape index (κ3) is 4.05. The summed E-state index contributed by atoms with van der Waals surface area (Å²) in [5.74, 6) is 0.948. The summed E-state index contributed by atoms with van der Waals surface area (Å²) in [6, 6.07) is 8.75. The normalized spacial score (nSPS) is 13.9. The van der Waals surface area contributed by atoms with E-state index in [2.05, 4.69) is 10.6 Å². The molecule has 1 aromatic carbocycles. The molecule has 1 aromatic heterocycles. The van der Waals surface area contributed by atoms with Gasteiger partial charge in [0.25, 0.3) is 0 Å². The largest absolute Gasteiger partial charge is 0.486 e. The summed E-state index contributed by atoms with van der Waals surface area (Å²) >= 11 is 1.51. The number of anilines is 1. The highest BCUT2D eigenvalue weighted by atomic mass is 32.1. The van der Waals surface area contributed by atoms with Crippen molar-refractivity contribution >= 4 is 28.8 Å². The van der Waals surface area contributed by atoms with Crippen LogP contribution in [0.15, 0.2) is 35.7 Å². The van der Waals surface area contributed by atoms with Crippen LogP contribution in [0.2, 0.25) is 0 Å². The van der Waals surface area contributed by atoms with Crippen molar-refractivity contribution in [1.82, 2.24) is 5.32 Å². The fourth-order valence-corrected chi connectivity index (χ4v) is 3.25. The first-order chi connectivity index (χ1) is 11.6. The SMILES string of the molecule is CC(=O)N[C@@H](CC(=O)Nc1ccc2c(c1)OCCO2)c1cccs1. The first kappa shape index (κ1) is 16.3. The van der Waals surface area contributed by atoms with E-state index in [1.165, 1.54) is 18.3 Å². The number of thiophene rings is 1. The van der Waals surface area contributed by atoms with Crippen LogP contribution >= 0.6 is 11.3 Å². The second kappa shape index (κ2) is 7.35. The average molecular weight is 346 g/mol. The molecular formula is C17H18N2O4S. The van der Waals surface area contributed by atoms with Crippen LogP contribution in [0.25, 0.3) is 0 Å². The van der Waals surface area contributed by atoms with Gasteiger partial charge < -0.3 is 20.1 Å². The first-order valence-corrected chi connectivity index (χ1v) is 8.50. The first-order valence-electron chi connectivity index (χ1n) is 7.62. The van der Waals surface area contributed by atoms with Gasteiger partial charge in [-0.05, 0) is 23.6 Å². The van der Waals surface area contributed by atoms with E-state index in [4.69, 9.17) is 9.47 Å². The van der Waals surface area contributed by atoms with Crippen molar-refractivity contribution in [1.29, 1.82) is 0 Å². The topological polar surface area (TPSA) is 76.7 Å². The van der Waals surface area contributed by atoms with Crippen LogP contribution in [0.4, 0.5) is 5.69 Å². The van der Waals surface area contributed by atoms with Crippen LogP contribution < -0.4 is 20.1 Å². The van der Waals surface area contributed by atoms with E-state index in [0.717, 1.165) is 4.88 Å². The third-order valence-electron chi connectivity index (χ3n) is 3.48. The predicted octanol–water partition coefficient (Wildman–Crippen LogP) is 2.73. The summed E-state index contributed by atoms with van der Waals surface area (Å²) in [5.41, 5.74) is 0.636. The molecule has 0 radical (unpaired) electrons. The number of rotatable bonds is 5. The average Bonchev–Trinajstić information content (AvgIpc) is 3.08. The smallest absolute Gasteiger partial charge is 0.226 e. The van der Waals surface area contributed by atoms with Crippen LogP contribution in [0.3, 0.4) is 0 Å². The standard InChI is InChI=1S/C17H18N2O4S/c1-11(20)18-13(16-3-2-8-24-16)10-17(21)19-12-4-5-14-15(9-12)23-7-6-22-14/h2-5,8-9,13H,6-7,10H2,1H3,(H,18,20)(H,19,21)/t13-/m0/s1. The van der Waals surface area contributed by atoms with Crippen LogP contribution in [0, 0.1) is 0 Å². The Bertz CT molecular complexity index is 730. The van der Waals surface area contributed by atoms with E-state index in [9.17, 15) is 9.59 Å². The number of ether oxygens (including phenoxy) is 2. The van der Waals surface area contributed by atoms with Gasteiger partial charge in [-0.25, -0.2) is 0 Å². The molecule has 24 heavy (non-hydrogen) atoms. The number of nitrogens with one attached hydrogen (secondary N) is 2. The molecule has 126 valence electrons. The van der Waals surface area contributed by atoms with Gasteiger partial charge in [-0.3, -0.25) is 9.59 Å². The Kier molecular flexibility index (Phi) is 5.00. The molecule has 7 heteroatoms. The van der Waals surface area contributed by atoms with Crippen LogP contribution in [0.1, 0.15) is 24.3 Å². The fourth-order valence-electron chi connectivity index (χ4n) is 2.48. The van der Waals surface area contributed by atoms with Crippen molar-refractivity contribution in [3.05, 3.63) is 40.6 Å². The Balaban J connectivity index is 1.66. The molecule has 6 nitrogen and oxygen atoms in total. The minimum Gasteiger partial charge on any atom is -0.486 e. The highest BCUT2D eigenvalue weighted by molar-refractivity contribution is 7.10. The van der Waals surface area contributed by atoms with E-state index in [0.29, 0.717) is 30.4 Å². The molecule has 0 saturated carbocycles. The minimum absolute atomic E-state index is 0.161. The van der Waals surface area contributed by atoms with E-state index in [1.807, 2.05) is 17.5 Å². The Morgan fingerprint density at radius 2 is 2.00 bits per heavy atom. The van der Waals surface area contributed by atoms with Crippen LogP contribution in [-0.4, -0.2) is 25.0 Å². The molecule has 0 unspecified atom stereocenters. The molecule has 0 aliphatic carbocycles. The number of hydrogen-bond donors (Lipinski definition) is 2. The Morgan fingerprint density at radius 3 is 2.71 bits per heavy atom. The number of hydrogen-bond acceptors (Lipinski definition) is 5. The lowest BCUT2D eigenvalue weighted by Gasteiger charge is -2.19. The molecule has 3 rings (SSSR count). The van der Waals surface area contributed by atoms with Gasteiger partial charge >= 0.3 is 0 Å². The molecule has 2 heterocycles. The van der Waals surface area contributed by atoms with Crippen molar-refractivity contribution < 1.29 is 19.1 Å². The molecule has 0 spiro atoms. The zero-order valence-electron chi connectivity index (χ0n) is 13.2. The van der Waals surface area contributed by atoms with Gasteiger partial charge in [0.1, 0.15) is 13.2 Å². The monoisotopic (exact) mass is 346 g/mol. The molecule has 0 fully saturated rings. The van der Waals surface area contributed by atoms with Gasteiger partial charge in [-0.1, -0.05) is 6.07 Å². The maximum Gasteiger partial charge on any atom is 0.226 e. The summed E-state index contributed by atoms with van der Waals surface area (Å²) in [5, 5.41) is 7.57. The highest BCUT2D eigenvalue weighted by Gasteiger charge is 2.19. The second-order valence-electron chi connectivity index (χ2n) is 5.38. The van der Waals surface area contributed by atoms with Crippen molar-refractivity contribution in [3.8, 4) is 11.5 Å². The summed E-state index contributed by atoms with van der Waals surface area (Å²) < 4.78 is 11.0. The molecule has 2 amide bonds. The predicted molar refractivity (Wildman–Crippen MR) is 91.6 cm³/mol. The van der Waals surface area contributed by atoms with E-state index < -0.39 is 0 Å².